The topological polar surface area (TPSA) is 55.1 Å². The fourth-order valence-electron chi connectivity index (χ4n) is 1.48. The molecule has 0 saturated carbocycles. The Balaban J connectivity index is 2.05. The third-order valence-electron chi connectivity index (χ3n) is 2.30. The fraction of sp³-hybridized carbons (Fsp3) is 0.0769. The Labute approximate surface area is 98.8 Å². The van der Waals surface area contributed by atoms with Crippen LogP contribution in [-0.2, 0) is 11.3 Å². The van der Waals surface area contributed by atoms with E-state index in [0.29, 0.717) is 0 Å². The quantitative estimate of drug-likeness (QED) is 0.814. The van der Waals surface area contributed by atoms with Crippen LogP contribution in [0, 0.1) is 0 Å². The first-order valence-electron chi connectivity index (χ1n) is 5.21. The van der Waals surface area contributed by atoms with Crippen molar-refractivity contribution in [2.45, 2.75) is 6.54 Å². The summed E-state index contributed by atoms with van der Waals surface area (Å²) in [6.07, 6.45) is 6.34. The van der Waals surface area contributed by atoms with Gasteiger partial charge in [-0.2, -0.15) is 5.10 Å². The molecule has 1 N–H and O–H groups in total. The molecule has 17 heavy (non-hydrogen) atoms. The van der Waals surface area contributed by atoms with Crippen molar-refractivity contribution in [2.24, 2.45) is 0 Å². The summed E-state index contributed by atoms with van der Waals surface area (Å²) in [4.78, 5) is 10.4. The second-order valence-corrected chi connectivity index (χ2v) is 3.62. The van der Waals surface area contributed by atoms with Crippen molar-refractivity contribution in [1.82, 2.24) is 9.78 Å². The molecule has 0 spiro atoms. The number of carboxylic acid groups (broad SMARTS) is 1. The number of aliphatic carboxylic acids is 1. The van der Waals surface area contributed by atoms with Crippen LogP contribution in [0.4, 0.5) is 0 Å². The average molecular weight is 228 g/mol. The lowest BCUT2D eigenvalue weighted by atomic mass is 10.1. The van der Waals surface area contributed by atoms with Gasteiger partial charge in [-0.05, 0) is 23.3 Å². The van der Waals surface area contributed by atoms with E-state index in [9.17, 15) is 4.79 Å². The van der Waals surface area contributed by atoms with E-state index < -0.39 is 5.97 Å². The second kappa shape index (κ2) is 5.12. The molecule has 1 aromatic heterocycles. The molecule has 2 aromatic rings. The molecule has 0 saturated heterocycles. The predicted octanol–water partition coefficient (Wildman–Crippen LogP) is 2.03. The SMILES string of the molecule is O=C(O)C=Cc1ccc(Cn2cccn2)cc1. The van der Waals surface area contributed by atoms with Gasteiger partial charge in [-0.25, -0.2) is 4.79 Å². The summed E-state index contributed by atoms with van der Waals surface area (Å²) in [5, 5.41) is 12.6. The van der Waals surface area contributed by atoms with E-state index in [1.807, 2.05) is 41.2 Å². The Morgan fingerprint density at radius 1 is 1.35 bits per heavy atom. The van der Waals surface area contributed by atoms with Crippen LogP contribution in [0.25, 0.3) is 6.08 Å². The zero-order valence-electron chi connectivity index (χ0n) is 9.15. The molecule has 0 amide bonds. The zero-order chi connectivity index (χ0) is 12.1. The van der Waals surface area contributed by atoms with Crippen molar-refractivity contribution in [3.05, 3.63) is 59.9 Å². The van der Waals surface area contributed by atoms with Gasteiger partial charge in [-0.3, -0.25) is 4.68 Å². The van der Waals surface area contributed by atoms with Crippen molar-refractivity contribution < 1.29 is 9.90 Å². The van der Waals surface area contributed by atoms with Gasteiger partial charge in [0.1, 0.15) is 0 Å². The summed E-state index contributed by atoms with van der Waals surface area (Å²) in [6.45, 7) is 0.718. The number of benzene rings is 1. The Morgan fingerprint density at radius 2 is 2.12 bits per heavy atom. The number of rotatable bonds is 4. The van der Waals surface area contributed by atoms with Gasteiger partial charge >= 0.3 is 5.97 Å². The van der Waals surface area contributed by atoms with Crippen LogP contribution in [0.5, 0.6) is 0 Å². The minimum atomic E-state index is -0.939. The van der Waals surface area contributed by atoms with Gasteiger partial charge in [0.25, 0.3) is 0 Å². The van der Waals surface area contributed by atoms with Crippen LogP contribution < -0.4 is 0 Å². The standard InChI is InChI=1S/C13H12N2O2/c16-13(17)7-6-11-2-4-12(5-3-11)10-15-9-1-8-14-15/h1-9H,10H2,(H,16,17). The molecule has 0 aliphatic heterocycles. The molecule has 0 unspecified atom stereocenters. The number of hydrogen-bond acceptors (Lipinski definition) is 2. The summed E-state index contributed by atoms with van der Waals surface area (Å²) in [5.74, 6) is -0.939. The van der Waals surface area contributed by atoms with E-state index in [2.05, 4.69) is 5.10 Å². The number of hydrogen-bond donors (Lipinski definition) is 1. The Hall–Kier alpha value is -2.36. The molecule has 0 bridgehead atoms. The lowest BCUT2D eigenvalue weighted by molar-refractivity contribution is -0.131. The Morgan fingerprint density at radius 3 is 2.71 bits per heavy atom. The molecule has 0 aliphatic rings. The number of carboxylic acids is 1. The molecule has 0 atom stereocenters. The molecule has 4 heteroatoms. The number of nitrogens with zero attached hydrogens (tertiary/aromatic N) is 2. The zero-order valence-corrected chi connectivity index (χ0v) is 9.15. The molecule has 1 aromatic carbocycles. The number of aromatic nitrogens is 2. The largest absolute Gasteiger partial charge is 0.478 e. The van der Waals surface area contributed by atoms with Crippen molar-refractivity contribution in [3.63, 3.8) is 0 Å². The first kappa shape index (κ1) is 11.1. The maximum Gasteiger partial charge on any atom is 0.328 e. The van der Waals surface area contributed by atoms with Gasteiger partial charge in [0.05, 0.1) is 6.54 Å². The smallest absolute Gasteiger partial charge is 0.328 e. The van der Waals surface area contributed by atoms with Crippen molar-refractivity contribution in [1.29, 1.82) is 0 Å². The summed E-state index contributed by atoms with van der Waals surface area (Å²) < 4.78 is 1.84. The summed E-state index contributed by atoms with van der Waals surface area (Å²) in [5.41, 5.74) is 2.00. The molecule has 86 valence electrons. The second-order valence-electron chi connectivity index (χ2n) is 3.62. The van der Waals surface area contributed by atoms with Crippen LogP contribution in [0.15, 0.2) is 48.8 Å². The maximum atomic E-state index is 10.4. The van der Waals surface area contributed by atoms with Gasteiger partial charge < -0.3 is 5.11 Å². The monoisotopic (exact) mass is 228 g/mol. The molecular weight excluding hydrogens is 216 g/mol. The van der Waals surface area contributed by atoms with Crippen LogP contribution in [0.3, 0.4) is 0 Å². The molecule has 2 rings (SSSR count). The minimum Gasteiger partial charge on any atom is -0.478 e. The van der Waals surface area contributed by atoms with E-state index in [1.165, 1.54) is 0 Å². The third-order valence-corrected chi connectivity index (χ3v) is 2.30. The van der Waals surface area contributed by atoms with Crippen molar-refractivity contribution in [3.8, 4) is 0 Å². The molecule has 0 aliphatic carbocycles. The predicted molar refractivity (Wildman–Crippen MR) is 64.4 cm³/mol. The first-order valence-corrected chi connectivity index (χ1v) is 5.21. The molecular formula is C13H12N2O2. The normalized spacial score (nSPS) is 10.8. The van der Waals surface area contributed by atoms with Crippen LogP contribution in [0.1, 0.15) is 11.1 Å². The number of carbonyl (C=O) groups is 1. The van der Waals surface area contributed by atoms with E-state index in [0.717, 1.165) is 23.7 Å². The highest BCUT2D eigenvalue weighted by molar-refractivity contribution is 5.85. The molecule has 0 radical (unpaired) electrons. The van der Waals surface area contributed by atoms with Gasteiger partial charge in [0.2, 0.25) is 0 Å². The van der Waals surface area contributed by atoms with Crippen LogP contribution in [-0.4, -0.2) is 20.9 Å². The highest BCUT2D eigenvalue weighted by Gasteiger charge is 1.95. The lowest BCUT2D eigenvalue weighted by Crippen LogP contribution is -1.99. The third kappa shape index (κ3) is 3.31. The average Bonchev–Trinajstić information content (AvgIpc) is 2.81. The fourth-order valence-corrected chi connectivity index (χ4v) is 1.48. The lowest BCUT2D eigenvalue weighted by Gasteiger charge is -2.02. The molecule has 0 fully saturated rings. The van der Waals surface area contributed by atoms with Crippen LogP contribution >= 0.6 is 0 Å². The van der Waals surface area contributed by atoms with Crippen molar-refractivity contribution in [2.75, 3.05) is 0 Å². The van der Waals surface area contributed by atoms with Crippen LogP contribution in [0.2, 0.25) is 0 Å². The van der Waals surface area contributed by atoms with E-state index in [-0.39, 0.29) is 0 Å². The summed E-state index contributed by atoms with van der Waals surface area (Å²) in [6, 6.07) is 9.58. The Kier molecular flexibility index (Phi) is 3.35. The van der Waals surface area contributed by atoms with Gasteiger partial charge in [-0.1, -0.05) is 24.3 Å². The summed E-state index contributed by atoms with van der Waals surface area (Å²) >= 11 is 0. The molecule has 4 nitrogen and oxygen atoms in total. The van der Waals surface area contributed by atoms with E-state index >= 15 is 0 Å². The van der Waals surface area contributed by atoms with Gasteiger partial charge in [0.15, 0.2) is 0 Å². The Bertz CT molecular complexity index is 513. The highest BCUT2D eigenvalue weighted by atomic mass is 16.4. The highest BCUT2D eigenvalue weighted by Crippen LogP contribution is 2.07. The van der Waals surface area contributed by atoms with Gasteiger partial charge in [-0.15, -0.1) is 0 Å². The van der Waals surface area contributed by atoms with Gasteiger partial charge in [0, 0.05) is 18.5 Å². The molecule has 1 heterocycles. The van der Waals surface area contributed by atoms with E-state index in [4.69, 9.17) is 5.11 Å². The first-order chi connectivity index (χ1) is 8.24. The van der Waals surface area contributed by atoms with E-state index in [1.54, 1.807) is 12.3 Å². The minimum absolute atomic E-state index is 0.718. The summed E-state index contributed by atoms with van der Waals surface area (Å²) in [7, 11) is 0. The van der Waals surface area contributed by atoms with Crippen molar-refractivity contribution >= 4 is 12.0 Å². The maximum absolute atomic E-state index is 10.4.